The lowest BCUT2D eigenvalue weighted by molar-refractivity contribution is -0.140. The van der Waals surface area contributed by atoms with Gasteiger partial charge in [0.1, 0.15) is 5.71 Å². The Bertz CT molecular complexity index is 1830. The molecule has 0 aliphatic rings. The number of aryl methyl sites for hydroxylation is 2. The Morgan fingerprint density at radius 2 is 1.57 bits per heavy atom. The first kappa shape index (κ1) is 35.2. The van der Waals surface area contributed by atoms with Gasteiger partial charge in [-0.25, -0.2) is 4.79 Å². The fourth-order valence-corrected chi connectivity index (χ4v) is 6.42. The molecule has 4 rings (SSSR count). The quantitative estimate of drug-likeness (QED) is 0.0319. The highest BCUT2D eigenvalue weighted by Gasteiger charge is 2.21. The van der Waals surface area contributed by atoms with E-state index in [0.29, 0.717) is 35.4 Å². The summed E-state index contributed by atoms with van der Waals surface area (Å²) in [6.07, 6.45) is 3.97. The smallest absolute Gasteiger partial charge is 0.331 e. The Hall–Kier alpha value is -4.69. The summed E-state index contributed by atoms with van der Waals surface area (Å²) in [5.41, 5.74) is 6.60. The predicted octanol–water partition coefficient (Wildman–Crippen LogP) is 9.03. The molecule has 0 aliphatic carbocycles. The number of hydrogen-bond donors (Lipinski definition) is 0. The number of fused-ring (bicyclic) bond motifs is 1. The average Bonchev–Trinajstić information content (AvgIpc) is 3.38. The van der Waals surface area contributed by atoms with Gasteiger partial charge in [-0.15, -0.1) is 11.8 Å². The van der Waals surface area contributed by atoms with Crippen LogP contribution in [0.15, 0.2) is 88.9 Å². The second kappa shape index (κ2) is 16.2. The molecule has 1 aromatic heterocycles. The van der Waals surface area contributed by atoms with E-state index in [1.54, 1.807) is 23.9 Å². The minimum atomic E-state index is -0.595. The molecule has 8 heteroatoms. The van der Waals surface area contributed by atoms with E-state index in [9.17, 15) is 14.4 Å². The molecule has 0 radical (unpaired) electrons. The summed E-state index contributed by atoms with van der Waals surface area (Å²) < 4.78 is 2.12. The Morgan fingerprint density at radius 1 is 0.915 bits per heavy atom. The van der Waals surface area contributed by atoms with E-state index < -0.39 is 5.97 Å². The highest BCUT2D eigenvalue weighted by atomic mass is 32.2. The summed E-state index contributed by atoms with van der Waals surface area (Å²) in [5.74, 6) is -0.409. The lowest BCUT2D eigenvalue weighted by Gasteiger charge is -2.21. The van der Waals surface area contributed by atoms with Crippen LogP contribution in [0.25, 0.3) is 23.1 Å². The molecule has 0 fully saturated rings. The lowest BCUT2D eigenvalue weighted by atomic mass is 9.98. The van der Waals surface area contributed by atoms with Gasteiger partial charge in [0.15, 0.2) is 5.78 Å². The van der Waals surface area contributed by atoms with Gasteiger partial charge in [-0.05, 0) is 107 Å². The van der Waals surface area contributed by atoms with E-state index in [1.807, 2.05) is 87.5 Å². The van der Waals surface area contributed by atoms with Crippen molar-refractivity contribution in [2.24, 2.45) is 5.16 Å². The van der Waals surface area contributed by atoms with E-state index in [1.165, 1.54) is 12.5 Å². The Labute approximate surface area is 282 Å². The molecule has 3 aromatic carbocycles. The van der Waals surface area contributed by atoms with Gasteiger partial charge in [0.2, 0.25) is 5.78 Å². The number of nitrogens with zero attached hydrogens (tertiary/aromatic N) is 3. The molecule has 0 amide bonds. The van der Waals surface area contributed by atoms with Crippen molar-refractivity contribution in [2.75, 3.05) is 23.7 Å². The minimum Gasteiger partial charge on any atom is -0.372 e. The molecule has 1 heterocycles. The molecule has 4 aromatic rings. The monoisotopic (exact) mass is 649 g/mol. The molecule has 0 N–H and O–H groups in total. The second-order valence-electron chi connectivity index (χ2n) is 11.2. The zero-order valence-electron chi connectivity index (χ0n) is 28.1. The molecule has 244 valence electrons. The number of ketones is 2. The van der Waals surface area contributed by atoms with Gasteiger partial charge in [-0.2, -0.15) is 0 Å². The summed E-state index contributed by atoms with van der Waals surface area (Å²) in [5, 5.41) is 4.78. The third kappa shape index (κ3) is 8.37. The van der Waals surface area contributed by atoms with Gasteiger partial charge >= 0.3 is 5.97 Å². The predicted molar refractivity (Wildman–Crippen MR) is 196 cm³/mol. The van der Waals surface area contributed by atoms with Crippen LogP contribution in [0.1, 0.15) is 78.6 Å². The van der Waals surface area contributed by atoms with Crippen molar-refractivity contribution in [2.45, 2.75) is 59.4 Å². The van der Waals surface area contributed by atoms with E-state index in [0.717, 1.165) is 45.8 Å². The van der Waals surface area contributed by atoms with Crippen LogP contribution in [-0.4, -0.2) is 46.7 Å². The third-order valence-electron chi connectivity index (χ3n) is 8.07. The van der Waals surface area contributed by atoms with Gasteiger partial charge in [0, 0.05) is 82.6 Å². The van der Waals surface area contributed by atoms with Crippen molar-refractivity contribution in [1.29, 1.82) is 0 Å². The summed E-state index contributed by atoms with van der Waals surface area (Å²) in [4.78, 5) is 47.3. The van der Waals surface area contributed by atoms with Gasteiger partial charge in [-0.1, -0.05) is 29.4 Å². The highest BCUT2D eigenvalue weighted by molar-refractivity contribution is 7.99. The first-order valence-electron chi connectivity index (χ1n) is 16.0. The number of aromatic nitrogens is 1. The number of carbonyl (C=O) groups excluding carboxylic acids is 3. The maximum absolute atomic E-state index is 13.8. The van der Waals surface area contributed by atoms with Crippen LogP contribution in [0.3, 0.4) is 0 Å². The number of thioether (sulfide) groups is 1. The SMILES string of the molecule is C=Cc1c(/C=C(\C)C(=O)c2ccc(N(CC)CC)cc2)c2cc(C(=O)/C(CCSc3ccc(C)cc3)=N/OC(C)=O)ccc2n1CC. The Morgan fingerprint density at radius 3 is 2.17 bits per heavy atom. The van der Waals surface area contributed by atoms with Crippen molar-refractivity contribution in [3.63, 3.8) is 0 Å². The molecule has 7 nitrogen and oxygen atoms in total. The zero-order valence-corrected chi connectivity index (χ0v) is 28.9. The number of benzene rings is 3. The van der Waals surface area contributed by atoms with Crippen molar-refractivity contribution in [1.82, 2.24) is 4.57 Å². The van der Waals surface area contributed by atoms with Gasteiger partial charge < -0.3 is 14.3 Å². The molecule has 0 saturated heterocycles. The lowest BCUT2D eigenvalue weighted by Crippen LogP contribution is -2.21. The van der Waals surface area contributed by atoms with Crippen LogP contribution >= 0.6 is 11.8 Å². The van der Waals surface area contributed by atoms with Gasteiger partial charge in [0.05, 0.1) is 0 Å². The fraction of sp³-hybridized carbons (Fsp3) is 0.282. The third-order valence-corrected chi connectivity index (χ3v) is 9.08. The average molecular weight is 650 g/mol. The van der Waals surface area contributed by atoms with E-state index >= 15 is 0 Å². The van der Waals surface area contributed by atoms with Crippen molar-refractivity contribution < 1.29 is 19.2 Å². The van der Waals surface area contributed by atoms with Gasteiger partial charge in [0.25, 0.3) is 0 Å². The molecule has 0 bridgehead atoms. The number of oxime groups is 1. The van der Waals surface area contributed by atoms with E-state index in [2.05, 4.69) is 35.0 Å². The standard InChI is InChI=1S/C39H43N3O4S/c1-8-36-33(24-27(6)38(44)29-14-17-31(18-15-29)41(9-2)10-3)34-25-30(16-21-37(34)42(36)11-4)39(45)35(40-46-28(7)43)22-23-47-32-19-12-26(5)13-20-32/h8,12-21,24-25H,1,9-11,22-23H2,2-7H3/b27-24+,40-35+. The number of Topliss-reactive ketones (excluding diaryl/α,β-unsaturated/α-hetero) is 2. The second-order valence-corrected chi connectivity index (χ2v) is 12.4. The molecular formula is C39H43N3O4S. The summed E-state index contributed by atoms with van der Waals surface area (Å²) in [6.45, 7) is 17.9. The van der Waals surface area contributed by atoms with Crippen molar-refractivity contribution >= 4 is 63.8 Å². The maximum Gasteiger partial charge on any atom is 0.331 e. The summed E-state index contributed by atoms with van der Waals surface area (Å²) >= 11 is 1.60. The van der Waals surface area contributed by atoms with Crippen LogP contribution in [0.5, 0.6) is 0 Å². The van der Waals surface area contributed by atoms with Crippen LogP contribution in [0, 0.1) is 6.92 Å². The highest BCUT2D eigenvalue weighted by Crippen LogP contribution is 2.31. The Balaban J connectivity index is 1.69. The number of anilines is 1. The molecule has 0 aliphatic heterocycles. The molecule has 47 heavy (non-hydrogen) atoms. The summed E-state index contributed by atoms with van der Waals surface area (Å²) in [6, 6.07) is 21.4. The Kier molecular flexibility index (Phi) is 12.1. The zero-order chi connectivity index (χ0) is 34.1. The molecular weight excluding hydrogens is 607 g/mol. The molecule has 0 unspecified atom stereocenters. The maximum atomic E-state index is 13.8. The molecule has 0 atom stereocenters. The molecule has 0 spiro atoms. The van der Waals surface area contributed by atoms with Crippen LogP contribution < -0.4 is 4.90 Å². The first-order valence-corrected chi connectivity index (χ1v) is 17.0. The normalized spacial score (nSPS) is 11.9. The van der Waals surface area contributed by atoms with Crippen LogP contribution in [-0.2, 0) is 16.2 Å². The van der Waals surface area contributed by atoms with Crippen molar-refractivity contribution in [3.05, 3.63) is 107 Å². The number of rotatable bonds is 15. The minimum absolute atomic E-state index is 0.0717. The summed E-state index contributed by atoms with van der Waals surface area (Å²) in [7, 11) is 0. The number of allylic oxidation sites excluding steroid dienone is 1. The fourth-order valence-electron chi connectivity index (χ4n) is 5.56. The van der Waals surface area contributed by atoms with Gasteiger partial charge in [-0.3, -0.25) is 9.59 Å². The number of carbonyl (C=O) groups is 3. The van der Waals surface area contributed by atoms with Crippen LogP contribution in [0.4, 0.5) is 5.69 Å². The van der Waals surface area contributed by atoms with E-state index in [4.69, 9.17) is 4.84 Å². The van der Waals surface area contributed by atoms with Crippen molar-refractivity contribution in [3.8, 4) is 0 Å². The largest absolute Gasteiger partial charge is 0.372 e. The first-order chi connectivity index (χ1) is 22.6. The van der Waals surface area contributed by atoms with Crippen LogP contribution in [0.2, 0.25) is 0 Å². The van der Waals surface area contributed by atoms with E-state index in [-0.39, 0.29) is 17.3 Å². The molecule has 0 saturated carbocycles. The topological polar surface area (TPSA) is 81.0 Å². The number of hydrogen-bond acceptors (Lipinski definition) is 7.